The number of hydrogen-bond donors (Lipinski definition) is 1. The molecule has 1 aliphatic rings. The number of furan rings is 2. The van der Waals surface area contributed by atoms with Gasteiger partial charge in [0.25, 0.3) is 0 Å². The van der Waals surface area contributed by atoms with Gasteiger partial charge in [-0.3, -0.25) is 4.79 Å². The normalized spacial score (nSPS) is 18.3. The number of amides is 1. The van der Waals surface area contributed by atoms with E-state index in [0.717, 1.165) is 30.9 Å². The van der Waals surface area contributed by atoms with Gasteiger partial charge >= 0.3 is 0 Å². The quantitative estimate of drug-likeness (QED) is 0.907. The first kappa shape index (κ1) is 13.0. The first-order chi connectivity index (χ1) is 9.83. The lowest BCUT2D eigenvalue weighted by Crippen LogP contribution is -2.42. The summed E-state index contributed by atoms with van der Waals surface area (Å²) < 4.78 is 10.7. The highest BCUT2D eigenvalue weighted by Gasteiger charge is 2.27. The Labute approximate surface area is 117 Å². The number of hydrogen-bond acceptors (Lipinski definition) is 4. The largest absolute Gasteiger partial charge is 0.467 e. The molecule has 20 heavy (non-hydrogen) atoms. The molecule has 0 unspecified atom stereocenters. The Kier molecular flexibility index (Phi) is 3.87. The SMILES string of the molecule is O=C([C@H]1CCCN1)N(Cc1ccco1)Cc1ccco1. The number of carbonyl (C=O) groups is 1. The van der Waals surface area contributed by atoms with Crippen molar-refractivity contribution < 1.29 is 13.6 Å². The van der Waals surface area contributed by atoms with Crippen molar-refractivity contribution in [1.82, 2.24) is 10.2 Å². The smallest absolute Gasteiger partial charge is 0.240 e. The van der Waals surface area contributed by atoms with E-state index in [9.17, 15) is 4.79 Å². The molecule has 1 atom stereocenters. The number of rotatable bonds is 5. The minimum atomic E-state index is -0.0834. The van der Waals surface area contributed by atoms with Crippen LogP contribution in [0.1, 0.15) is 24.4 Å². The van der Waals surface area contributed by atoms with E-state index in [4.69, 9.17) is 8.83 Å². The third-order valence-corrected chi connectivity index (χ3v) is 3.52. The second-order valence-corrected chi connectivity index (χ2v) is 5.00. The maximum Gasteiger partial charge on any atom is 0.240 e. The monoisotopic (exact) mass is 274 g/mol. The van der Waals surface area contributed by atoms with Crippen molar-refractivity contribution in [3.05, 3.63) is 48.3 Å². The number of carbonyl (C=O) groups excluding carboxylic acids is 1. The van der Waals surface area contributed by atoms with Gasteiger partial charge < -0.3 is 19.1 Å². The fourth-order valence-corrected chi connectivity index (χ4v) is 2.51. The molecule has 0 spiro atoms. The summed E-state index contributed by atoms with van der Waals surface area (Å²) in [5.74, 6) is 1.67. The Morgan fingerprint density at radius 1 is 1.20 bits per heavy atom. The highest BCUT2D eigenvalue weighted by molar-refractivity contribution is 5.82. The van der Waals surface area contributed by atoms with Crippen LogP contribution in [-0.4, -0.2) is 23.4 Å². The average Bonchev–Trinajstić information content (AvgIpc) is 3.20. The summed E-state index contributed by atoms with van der Waals surface area (Å²) in [6.45, 7) is 1.83. The van der Waals surface area contributed by atoms with Crippen molar-refractivity contribution in [3.8, 4) is 0 Å². The second kappa shape index (κ2) is 5.96. The number of nitrogens with one attached hydrogen (secondary N) is 1. The third-order valence-electron chi connectivity index (χ3n) is 3.52. The molecule has 5 heteroatoms. The second-order valence-electron chi connectivity index (χ2n) is 5.00. The van der Waals surface area contributed by atoms with Gasteiger partial charge in [0.15, 0.2) is 0 Å². The van der Waals surface area contributed by atoms with Crippen LogP contribution in [0.5, 0.6) is 0 Å². The molecule has 0 bridgehead atoms. The fraction of sp³-hybridized carbons (Fsp3) is 0.400. The summed E-state index contributed by atoms with van der Waals surface area (Å²) >= 11 is 0. The molecule has 0 aromatic carbocycles. The lowest BCUT2D eigenvalue weighted by atomic mass is 10.2. The summed E-state index contributed by atoms with van der Waals surface area (Å²) in [4.78, 5) is 14.4. The van der Waals surface area contributed by atoms with Gasteiger partial charge in [0.2, 0.25) is 5.91 Å². The molecule has 1 aliphatic heterocycles. The predicted molar refractivity (Wildman–Crippen MR) is 72.7 cm³/mol. The van der Waals surface area contributed by atoms with Gasteiger partial charge in [0.05, 0.1) is 31.7 Å². The highest BCUT2D eigenvalue weighted by atomic mass is 16.3. The molecule has 1 amide bonds. The van der Waals surface area contributed by atoms with Crippen molar-refractivity contribution in [2.45, 2.75) is 32.0 Å². The van der Waals surface area contributed by atoms with E-state index in [1.807, 2.05) is 24.3 Å². The minimum absolute atomic E-state index is 0.0834. The van der Waals surface area contributed by atoms with Crippen molar-refractivity contribution in [3.63, 3.8) is 0 Å². The average molecular weight is 274 g/mol. The zero-order valence-corrected chi connectivity index (χ0v) is 11.2. The lowest BCUT2D eigenvalue weighted by Gasteiger charge is -2.24. The molecule has 1 fully saturated rings. The molecule has 5 nitrogen and oxygen atoms in total. The Morgan fingerprint density at radius 2 is 1.85 bits per heavy atom. The molecule has 3 heterocycles. The molecule has 0 radical (unpaired) electrons. The first-order valence-corrected chi connectivity index (χ1v) is 6.90. The zero-order chi connectivity index (χ0) is 13.8. The third kappa shape index (κ3) is 2.93. The molecule has 1 saturated heterocycles. The van der Waals surface area contributed by atoms with Crippen LogP contribution in [0.15, 0.2) is 45.6 Å². The molecular formula is C15H18N2O3. The van der Waals surface area contributed by atoms with Gasteiger partial charge in [0.1, 0.15) is 11.5 Å². The van der Waals surface area contributed by atoms with Crippen LogP contribution in [0, 0.1) is 0 Å². The van der Waals surface area contributed by atoms with Crippen molar-refractivity contribution in [2.75, 3.05) is 6.54 Å². The van der Waals surface area contributed by atoms with Crippen LogP contribution in [0.3, 0.4) is 0 Å². The Bertz CT molecular complexity index is 491. The molecule has 2 aromatic heterocycles. The zero-order valence-electron chi connectivity index (χ0n) is 11.2. The summed E-state index contributed by atoms with van der Waals surface area (Å²) in [6.07, 6.45) is 5.19. The van der Waals surface area contributed by atoms with Gasteiger partial charge in [-0.25, -0.2) is 0 Å². The van der Waals surface area contributed by atoms with Crippen molar-refractivity contribution >= 4 is 5.91 Å². The highest BCUT2D eigenvalue weighted by Crippen LogP contribution is 2.15. The lowest BCUT2D eigenvalue weighted by molar-refractivity contribution is -0.134. The van der Waals surface area contributed by atoms with Gasteiger partial charge in [-0.05, 0) is 43.7 Å². The standard InChI is InChI=1S/C15H18N2O3/c18-15(14-6-1-7-16-14)17(10-12-4-2-8-19-12)11-13-5-3-9-20-13/h2-5,8-9,14,16H,1,6-7,10-11H2/t14-/m1/s1. The molecule has 0 saturated carbocycles. The molecular weight excluding hydrogens is 256 g/mol. The van der Waals surface area contributed by atoms with Crippen LogP contribution in [0.25, 0.3) is 0 Å². The van der Waals surface area contributed by atoms with E-state index in [0.29, 0.717) is 13.1 Å². The van der Waals surface area contributed by atoms with Gasteiger partial charge in [-0.15, -0.1) is 0 Å². The molecule has 0 aliphatic carbocycles. The van der Waals surface area contributed by atoms with Crippen molar-refractivity contribution in [1.29, 1.82) is 0 Å². The van der Waals surface area contributed by atoms with Crippen LogP contribution in [0.2, 0.25) is 0 Å². The topological polar surface area (TPSA) is 58.6 Å². The molecule has 3 rings (SSSR count). The van der Waals surface area contributed by atoms with Crippen LogP contribution in [-0.2, 0) is 17.9 Å². The Balaban J connectivity index is 1.73. The summed E-state index contributed by atoms with van der Waals surface area (Å²) in [5, 5.41) is 3.24. The first-order valence-electron chi connectivity index (χ1n) is 6.90. The maximum atomic E-state index is 12.6. The summed E-state index contributed by atoms with van der Waals surface area (Å²) in [5.41, 5.74) is 0. The van der Waals surface area contributed by atoms with E-state index in [-0.39, 0.29) is 11.9 Å². The molecule has 106 valence electrons. The molecule has 2 aromatic rings. The van der Waals surface area contributed by atoms with Gasteiger partial charge in [0, 0.05) is 0 Å². The minimum Gasteiger partial charge on any atom is -0.467 e. The summed E-state index contributed by atoms with van der Waals surface area (Å²) in [6, 6.07) is 7.34. The van der Waals surface area contributed by atoms with E-state index in [1.165, 1.54) is 0 Å². The van der Waals surface area contributed by atoms with Gasteiger partial charge in [-0.1, -0.05) is 0 Å². The maximum absolute atomic E-state index is 12.6. The fourth-order valence-electron chi connectivity index (χ4n) is 2.51. The Hall–Kier alpha value is -2.01. The summed E-state index contributed by atoms with van der Waals surface area (Å²) in [7, 11) is 0. The van der Waals surface area contributed by atoms with E-state index in [2.05, 4.69) is 5.32 Å². The molecule has 1 N–H and O–H groups in total. The Morgan fingerprint density at radius 3 is 2.30 bits per heavy atom. The van der Waals surface area contributed by atoms with E-state index >= 15 is 0 Å². The van der Waals surface area contributed by atoms with E-state index in [1.54, 1.807) is 17.4 Å². The van der Waals surface area contributed by atoms with Crippen LogP contribution < -0.4 is 5.32 Å². The van der Waals surface area contributed by atoms with E-state index < -0.39 is 0 Å². The van der Waals surface area contributed by atoms with Crippen molar-refractivity contribution in [2.24, 2.45) is 0 Å². The van der Waals surface area contributed by atoms with Crippen LogP contribution in [0.4, 0.5) is 0 Å². The number of nitrogens with zero attached hydrogens (tertiary/aromatic N) is 1. The predicted octanol–water partition coefficient (Wildman–Crippen LogP) is 2.15. The van der Waals surface area contributed by atoms with Crippen LogP contribution >= 0.6 is 0 Å². The van der Waals surface area contributed by atoms with Gasteiger partial charge in [-0.2, -0.15) is 0 Å².